The molecule has 3 N–H and O–H groups in total. The maximum Gasteiger partial charge on any atom is 0.233 e. The van der Waals surface area contributed by atoms with E-state index >= 15 is 0 Å². The van der Waals surface area contributed by atoms with E-state index in [0.717, 1.165) is 5.69 Å². The molecule has 1 amide bonds. The van der Waals surface area contributed by atoms with Crippen molar-refractivity contribution in [2.45, 2.75) is 6.04 Å². The molecule has 1 aromatic rings. The predicted molar refractivity (Wildman–Crippen MR) is 62.7 cm³/mol. The lowest BCUT2D eigenvalue weighted by Crippen LogP contribution is -2.38. The third kappa shape index (κ3) is 3.29. The Morgan fingerprint density at radius 3 is 2.88 bits per heavy atom. The van der Waals surface area contributed by atoms with Gasteiger partial charge in [-0.15, -0.1) is 0 Å². The molecule has 0 radical (unpaired) electrons. The highest BCUT2D eigenvalue weighted by molar-refractivity contribution is 5.77. The van der Waals surface area contributed by atoms with E-state index in [9.17, 15) is 4.79 Å². The van der Waals surface area contributed by atoms with Crippen LogP contribution in [0.4, 0.5) is 0 Å². The Kier molecular flexibility index (Phi) is 4.88. The molecule has 0 fully saturated rings. The Labute approximate surface area is 95.7 Å². The molecule has 5 nitrogen and oxygen atoms in total. The van der Waals surface area contributed by atoms with Gasteiger partial charge in [-0.1, -0.05) is 6.07 Å². The van der Waals surface area contributed by atoms with Crippen LogP contribution in [0.5, 0.6) is 0 Å². The average molecular weight is 222 g/mol. The molecule has 0 aliphatic carbocycles. The molecule has 0 aliphatic rings. The largest absolute Gasteiger partial charge is 0.358 e. The maximum absolute atomic E-state index is 11.3. The van der Waals surface area contributed by atoms with E-state index in [0.29, 0.717) is 13.1 Å². The van der Waals surface area contributed by atoms with Gasteiger partial charge in [0.2, 0.25) is 5.91 Å². The van der Waals surface area contributed by atoms with Crippen molar-refractivity contribution in [2.75, 3.05) is 27.2 Å². The minimum atomic E-state index is -0.0307. The number of nitrogens with zero attached hydrogens (tertiary/aromatic N) is 2. The van der Waals surface area contributed by atoms with Crippen LogP contribution in [-0.2, 0) is 4.79 Å². The summed E-state index contributed by atoms with van der Waals surface area (Å²) in [6.45, 7) is 0.749. The number of pyridine rings is 1. The molecule has 88 valence electrons. The van der Waals surface area contributed by atoms with Gasteiger partial charge in [-0.2, -0.15) is 0 Å². The van der Waals surface area contributed by atoms with Crippen LogP contribution in [0.25, 0.3) is 0 Å². The van der Waals surface area contributed by atoms with Crippen molar-refractivity contribution in [3.8, 4) is 0 Å². The van der Waals surface area contributed by atoms with E-state index in [2.05, 4.69) is 10.3 Å². The molecule has 16 heavy (non-hydrogen) atoms. The van der Waals surface area contributed by atoms with Crippen molar-refractivity contribution in [3.63, 3.8) is 0 Å². The van der Waals surface area contributed by atoms with Crippen molar-refractivity contribution in [1.29, 1.82) is 0 Å². The van der Waals surface area contributed by atoms with Gasteiger partial charge >= 0.3 is 0 Å². The lowest BCUT2D eigenvalue weighted by molar-refractivity contribution is -0.121. The first-order valence-electron chi connectivity index (χ1n) is 5.20. The van der Waals surface area contributed by atoms with Gasteiger partial charge in [-0.3, -0.25) is 14.7 Å². The molecule has 0 saturated heterocycles. The summed E-state index contributed by atoms with van der Waals surface area (Å²) in [5.74, 6) is -0.0307. The first-order valence-corrected chi connectivity index (χ1v) is 5.20. The monoisotopic (exact) mass is 222 g/mol. The quantitative estimate of drug-likeness (QED) is 0.721. The molecular formula is C11H18N4O. The highest BCUT2D eigenvalue weighted by Crippen LogP contribution is 2.14. The fraction of sp³-hybridized carbons (Fsp3) is 0.455. The zero-order valence-corrected chi connectivity index (χ0v) is 9.68. The second kappa shape index (κ2) is 6.19. The number of hydrogen-bond acceptors (Lipinski definition) is 4. The van der Waals surface area contributed by atoms with Gasteiger partial charge in [0.1, 0.15) is 0 Å². The molecule has 1 rings (SSSR count). The van der Waals surface area contributed by atoms with Crippen molar-refractivity contribution in [1.82, 2.24) is 15.2 Å². The van der Waals surface area contributed by atoms with E-state index < -0.39 is 0 Å². The van der Waals surface area contributed by atoms with Crippen LogP contribution in [0.1, 0.15) is 11.7 Å². The normalized spacial score (nSPS) is 12.5. The van der Waals surface area contributed by atoms with E-state index in [4.69, 9.17) is 5.73 Å². The van der Waals surface area contributed by atoms with Gasteiger partial charge in [-0.05, 0) is 19.2 Å². The standard InChI is InChI=1S/C11H18N4O/c1-13-11(16)8-15(2)10(7-12)9-5-3-4-6-14-9/h3-6,10H,7-8,12H2,1-2H3,(H,13,16). The lowest BCUT2D eigenvalue weighted by atomic mass is 10.1. The van der Waals surface area contributed by atoms with E-state index in [1.807, 2.05) is 30.1 Å². The summed E-state index contributed by atoms with van der Waals surface area (Å²) in [5.41, 5.74) is 6.60. The molecular weight excluding hydrogens is 204 g/mol. The van der Waals surface area contributed by atoms with Crippen LogP contribution in [0.3, 0.4) is 0 Å². The van der Waals surface area contributed by atoms with Crippen LogP contribution in [0.2, 0.25) is 0 Å². The number of carbonyl (C=O) groups is 1. The van der Waals surface area contributed by atoms with E-state index in [1.165, 1.54) is 0 Å². The second-order valence-corrected chi connectivity index (χ2v) is 3.59. The molecule has 0 spiro atoms. The summed E-state index contributed by atoms with van der Waals surface area (Å²) in [6, 6.07) is 5.66. The summed E-state index contributed by atoms with van der Waals surface area (Å²) in [4.78, 5) is 17.4. The van der Waals surface area contributed by atoms with E-state index in [-0.39, 0.29) is 11.9 Å². The molecule has 0 aliphatic heterocycles. The van der Waals surface area contributed by atoms with Crippen molar-refractivity contribution < 1.29 is 4.79 Å². The molecule has 1 heterocycles. The number of rotatable bonds is 5. The molecule has 0 saturated carbocycles. The minimum absolute atomic E-state index is 0.0292. The predicted octanol–water partition coefficient (Wildman–Crippen LogP) is -0.241. The van der Waals surface area contributed by atoms with Crippen molar-refractivity contribution in [3.05, 3.63) is 30.1 Å². The molecule has 1 aromatic heterocycles. The Hall–Kier alpha value is -1.46. The van der Waals surface area contributed by atoms with Gasteiger partial charge in [0, 0.05) is 19.8 Å². The maximum atomic E-state index is 11.3. The summed E-state index contributed by atoms with van der Waals surface area (Å²) in [5, 5.41) is 2.58. The smallest absolute Gasteiger partial charge is 0.233 e. The Morgan fingerprint density at radius 1 is 1.62 bits per heavy atom. The molecule has 5 heteroatoms. The van der Waals surface area contributed by atoms with Gasteiger partial charge in [0.05, 0.1) is 18.3 Å². The van der Waals surface area contributed by atoms with Crippen LogP contribution < -0.4 is 11.1 Å². The van der Waals surface area contributed by atoms with Gasteiger partial charge in [-0.25, -0.2) is 0 Å². The summed E-state index contributed by atoms with van der Waals surface area (Å²) in [7, 11) is 3.48. The Balaban J connectivity index is 2.71. The summed E-state index contributed by atoms with van der Waals surface area (Å²) in [6.07, 6.45) is 1.73. The van der Waals surface area contributed by atoms with Crippen molar-refractivity contribution in [2.24, 2.45) is 5.73 Å². The highest BCUT2D eigenvalue weighted by Gasteiger charge is 2.18. The topological polar surface area (TPSA) is 71.2 Å². The number of nitrogens with one attached hydrogen (secondary N) is 1. The number of hydrogen-bond donors (Lipinski definition) is 2. The fourth-order valence-corrected chi connectivity index (χ4v) is 1.52. The lowest BCUT2D eigenvalue weighted by Gasteiger charge is -2.25. The highest BCUT2D eigenvalue weighted by atomic mass is 16.1. The molecule has 0 bridgehead atoms. The van der Waals surface area contributed by atoms with Crippen LogP contribution >= 0.6 is 0 Å². The first kappa shape index (κ1) is 12.6. The molecule has 0 aromatic carbocycles. The summed E-state index contributed by atoms with van der Waals surface area (Å²) < 4.78 is 0. The number of aromatic nitrogens is 1. The SMILES string of the molecule is CNC(=O)CN(C)C(CN)c1ccccn1. The molecule has 1 unspecified atom stereocenters. The van der Waals surface area contributed by atoms with Gasteiger partial charge < -0.3 is 11.1 Å². The molecule has 1 atom stereocenters. The van der Waals surface area contributed by atoms with Crippen LogP contribution in [0.15, 0.2) is 24.4 Å². The zero-order chi connectivity index (χ0) is 12.0. The van der Waals surface area contributed by atoms with Gasteiger partial charge in [0.15, 0.2) is 0 Å². The minimum Gasteiger partial charge on any atom is -0.358 e. The zero-order valence-electron chi connectivity index (χ0n) is 9.68. The van der Waals surface area contributed by atoms with E-state index in [1.54, 1.807) is 13.2 Å². The van der Waals surface area contributed by atoms with Crippen molar-refractivity contribution >= 4 is 5.91 Å². The first-order chi connectivity index (χ1) is 7.69. The Morgan fingerprint density at radius 2 is 2.38 bits per heavy atom. The van der Waals surface area contributed by atoms with Crippen LogP contribution in [-0.4, -0.2) is 43.0 Å². The number of nitrogens with two attached hydrogens (primary N) is 1. The number of likely N-dealkylation sites (N-methyl/N-ethyl adjacent to an activating group) is 2. The number of amides is 1. The third-order valence-electron chi connectivity index (χ3n) is 2.46. The van der Waals surface area contributed by atoms with Crippen LogP contribution in [0, 0.1) is 0 Å². The average Bonchev–Trinajstić information content (AvgIpc) is 2.31. The summed E-state index contributed by atoms with van der Waals surface area (Å²) >= 11 is 0. The second-order valence-electron chi connectivity index (χ2n) is 3.59. The fourth-order valence-electron chi connectivity index (χ4n) is 1.52. The third-order valence-corrected chi connectivity index (χ3v) is 2.46. The van der Waals surface area contributed by atoms with Gasteiger partial charge in [0.25, 0.3) is 0 Å². The number of carbonyl (C=O) groups excluding carboxylic acids is 1. The Bertz CT molecular complexity index is 328.